The van der Waals surface area contributed by atoms with E-state index in [9.17, 15) is 0 Å². The molecule has 4 heterocycles. The summed E-state index contributed by atoms with van der Waals surface area (Å²) in [5, 5.41) is 12.1. The monoisotopic (exact) mass is 480 g/mol. The lowest BCUT2D eigenvalue weighted by Gasteiger charge is -2.21. The number of aryl methyl sites for hydroxylation is 4. The first-order chi connectivity index (χ1) is 17.2. The molecule has 0 saturated carbocycles. The minimum Gasteiger partial charge on any atom is -0.363 e. The van der Waals surface area contributed by atoms with E-state index in [4.69, 9.17) is 10.1 Å². The first kappa shape index (κ1) is 23.5. The van der Waals surface area contributed by atoms with E-state index in [1.165, 1.54) is 5.56 Å². The van der Waals surface area contributed by atoms with Crippen LogP contribution in [0.1, 0.15) is 28.2 Å². The number of aromatic nitrogens is 6. The van der Waals surface area contributed by atoms with Crippen LogP contribution < -0.4 is 9.80 Å². The predicted molar refractivity (Wildman–Crippen MR) is 146 cm³/mol. The smallest absolute Gasteiger partial charge is 0.165 e. The van der Waals surface area contributed by atoms with E-state index in [0.29, 0.717) is 0 Å². The molecule has 8 nitrogen and oxygen atoms in total. The Bertz CT molecular complexity index is 1540. The Morgan fingerprint density at radius 1 is 0.917 bits per heavy atom. The molecule has 0 aliphatic heterocycles. The molecule has 0 bridgehead atoms. The number of pyridine rings is 1. The van der Waals surface area contributed by atoms with Crippen LogP contribution in [-0.4, -0.2) is 50.9 Å². The highest BCUT2D eigenvalue weighted by Crippen LogP contribution is 2.33. The van der Waals surface area contributed by atoms with Crippen LogP contribution in [0.5, 0.6) is 0 Å². The summed E-state index contributed by atoms with van der Waals surface area (Å²) in [5.74, 6) is 1.93. The van der Waals surface area contributed by atoms with E-state index in [-0.39, 0.29) is 0 Å². The zero-order valence-corrected chi connectivity index (χ0v) is 22.0. The SMILES string of the molecule is Cc1cc(N(C)Cc2ccc(-c3c[nH]nc3C)cc2)n2nc(C)c(-c3cnc(N(C)C)cc3C)c2n1. The van der Waals surface area contributed by atoms with Crippen LogP contribution in [0.3, 0.4) is 0 Å². The van der Waals surface area contributed by atoms with Gasteiger partial charge < -0.3 is 9.80 Å². The lowest BCUT2D eigenvalue weighted by molar-refractivity contribution is 0.821. The fraction of sp³-hybridized carbons (Fsp3) is 0.286. The summed E-state index contributed by atoms with van der Waals surface area (Å²) in [6.07, 6.45) is 3.88. The van der Waals surface area contributed by atoms with Gasteiger partial charge in [-0.15, -0.1) is 0 Å². The molecule has 0 spiro atoms. The largest absolute Gasteiger partial charge is 0.363 e. The summed E-state index contributed by atoms with van der Waals surface area (Å²) in [5.41, 5.74) is 10.5. The second-order valence-corrected chi connectivity index (χ2v) is 9.64. The number of H-pyrrole nitrogens is 1. The van der Waals surface area contributed by atoms with Crippen LogP contribution in [0, 0.1) is 27.7 Å². The van der Waals surface area contributed by atoms with Crippen LogP contribution in [0.4, 0.5) is 11.6 Å². The number of nitrogens with one attached hydrogen (secondary N) is 1. The number of aromatic amines is 1. The molecule has 4 aromatic heterocycles. The van der Waals surface area contributed by atoms with Crippen molar-refractivity contribution in [2.75, 3.05) is 30.9 Å². The first-order valence-electron chi connectivity index (χ1n) is 12.0. The van der Waals surface area contributed by atoms with E-state index < -0.39 is 0 Å². The summed E-state index contributed by atoms with van der Waals surface area (Å²) in [4.78, 5) is 13.8. The molecule has 5 aromatic rings. The summed E-state index contributed by atoms with van der Waals surface area (Å²) in [6.45, 7) is 8.95. The van der Waals surface area contributed by atoms with Gasteiger partial charge in [0.15, 0.2) is 5.65 Å². The minimum absolute atomic E-state index is 0.746. The lowest BCUT2D eigenvalue weighted by Crippen LogP contribution is -2.20. The molecule has 0 aliphatic carbocycles. The van der Waals surface area contributed by atoms with Crippen molar-refractivity contribution in [3.05, 3.63) is 77.0 Å². The molecule has 0 aliphatic rings. The average Bonchev–Trinajstić information content (AvgIpc) is 3.41. The van der Waals surface area contributed by atoms with Crippen molar-refractivity contribution in [1.82, 2.24) is 29.8 Å². The molecule has 5 rings (SSSR count). The number of nitrogens with zero attached hydrogens (tertiary/aromatic N) is 7. The third kappa shape index (κ3) is 4.19. The number of anilines is 2. The molecular formula is C28H32N8. The molecule has 8 heteroatoms. The molecule has 184 valence electrons. The topological polar surface area (TPSA) is 78.2 Å². The number of rotatable bonds is 6. The Balaban J connectivity index is 1.50. The van der Waals surface area contributed by atoms with Crippen LogP contribution in [0.15, 0.2) is 48.8 Å². The van der Waals surface area contributed by atoms with E-state index in [2.05, 4.69) is 70.5 Å². The Labute approximate surface area is 211 Å². The van der Waals surface area contributed by atoms with Crippen molar-refractivity contribution in [3.8, 4) is 22.3 Å². The van der Waals surface area contributed by atoms with Crippen molar-refractivity contribution < 1.29 is 0 Å². The highest BCUT2D eigenvalue weighted by atomic mass is 15.3. The van der Waals surface area contributed by atoms with E-state index >= 15 is 0 Å². The summed E-state index contributed by atoms with van der Waals surface area (Å²) >= 11 is 0. The van der Waals surface area contributed by atoms with Crippen molar-refractivity contribution >= 4 is 17.3 Å². The molecular weight excluding hydrogens is 448 g/mol. The van der Waals surface area contributed by atoms with Crippen LogP contribution >= 0.6 is 0 Å². The maximum absolute atomic E-state index is 4.91. The van der Waals surface area contributed by atoms with E-state index in [0.717, 1.165) is 68.7 Å². The third-order valence-electron chi connectivity index (χ3n) is 6.60. The molecule has 1 N–H and O–H groups in total. The average molecular weight is 481 g/mol. The Kier molecular flexibility index (Phi) is 5.96. The van der Waals surface area contributed by atoms with Gasteiger partial charge in [0.1, 0.15) is 11.6 Å². The van der Waals surface area contributed by atoms with Gasteiger partial charge in [0.05, 0.1) is 17.0 Å². The number of benzene rings is 1. The quantitative estimate of drug-likeness (QED) is 0.364. The highest BCUT2D eigenvalue weighted by molar-refractivity contribution is 5.83. The maximum atomic E-state index is 4.91. The molecule has 0 unspecified atom stereocenters. The molecule has 36 heavy (non-hydrogen) atoms. The predicted octanol–water partition coefficient (Wildman–Crippen LogP) is 5.12. The van der Waals surface area contributed by atoms with Gasteiger partial charge in [0, 0.05) is 63.0 Å². The van der Waals surface area contributed by atoms with Gasteiger partial charge in [0.2, 0.25) is 0 Å². The van der Waals surface area contributed by atoms with Gasteiger partial charge in [-0.2, -0.15) is 14.7 Å². The fourth-order valence-corrected chi connectivity index (χ4v) is 4.66. The van der Waals surface area contributed by atoms with E-state index in [1.807, 2.05) is 56.7 Å². The molecule has 1 aromatic carbocycles. The number of fused-ring (bicyclic) bond motifs is 1. The van der Waals surface area contributed by atoms with Crippen LogP contribution in [0.2, 0.25) is 0 Å². The zero-order valence-electron chi connectivity index (χ0n) is 22.0. The van der Waals surface area contributed by atoms with E-state index in [1.54, 1.807) is 0 Å². The van der Waals surface area contributed by atoms with Crippen LogP contribution in [-0.2, 0) is 6.54 Å². The van der Waals surface area contributed by atoms with Crippen molar-refractivity contribution in [3.63, 3.8) is 0 Å². The Morgan fingerprint density at radius 2 is 1.67 bits per heavy atom. The molecule has 0 fully saturated rings. The van der Waals surface area contributed by atoms with Gasteiger partial charge in [-0.1, -0.05) is 24.3 Å². The van der Waals surface area contributed by atoms with Gasteiger partial charge in [-0.05, 0) is 50.5 Å². The minimum atomic E-state index is 0.746. The highest BCUT2D eigenvalue weighted by Gasteiger charge is 2.20. The van der Waals surface area contributed by atoms with Gasteiger partial charge in [0.25, 0.3) is 0 Å². The Morgan fingerprint density at radius 3 is 2.31 bits per heavy atom. The first-order valence-corrected chi connectivity index (χ1v) is 12.0. The summed E-state index contributed by atoms with van der Waals surface area (Å²) in [7, 11) is 6.10. The molecule has 0 atom stereocenters. The van der Waals surface area contributed by atoms with Gasteiger partial charge in [-0.3, -0.25) is 5.10 Å². The van der Waals surface area contributed by atoms with Crippen molar-refractivity contribution in [2.24, 2.45) is 0 Å². The number of hydrogen-bond donors (Lipinski definition) is 1. The second kappa shape index (κ2) is 9.11. The standard InChI is InChI=1S/C28H32N8/c1-17-12-25(34(5)6)29-14-23(17)27-20(4)33-36-26(13-18(2)31-28(27)36)35(7)16-21-8-10-22(11-9-21)24-15-30-32-19(24)3/h8-15H,16H2,1-7H3,(H,30,32). The molecule has 0 amide bonds. The summed E-state index contributed by atoms with van der Waals surface area (Å²) < 4.78 is 1.96. The van der Waals surface area contributed by atoms with Gasteiger partial charge >= 0.3 is 0 Å². The normalized spacial score (nSPS) is 11.3. The molecule has 0 radical (unpaired) electrons. The number of hydrogen-bond acceptors (Lipinski definition) is 6. The maximum Gasteiger partial charge on any atom is 0.165 e. The fourth-order valence-electron chi connectivity index (χ4n) is 4.66. The molecule has 0 saturated heterocycles. The summed E-state index contributed by atoms with van der Waals surface area (Å²) in [6, 6.07) is 12.8. The van der Waals surface area contributed by atoms with Crippen molar-refractivity contribution in [1.29, 1.82) is 0 Å². The lowest BCUT2D eigenvalue weighted by atomic mass is 10.0. The van der Waals surface area contributed by atoms with Crippen molar-refractivity contribution in [2.45, 2.75) is 34.2 Å². The third-order valence-corrected chi connectivity index (χ3v) is 6.60. The second-order valence-electron chi connectivity index (χ2n) is 9.64. The Hall–Kier alpha value is -4.20. The van der Waals surface area contributed by atoms with Crippen LogP contribution in [0.25, 0.3) is 27.9 Å². The zero-order chi connectivity index (χ0) is 25.6. The van der Waals surface area contributed by atoms with Gasteiger partial charge in [-0.25, -0.2) is 9.97 Å².